The summed E-state index contributed by atoms with van der Waals surface area (Å²) in [6, 6.07) is 4.17. The van der Waals surface area contributed by atoms with Gasteiger partial charge < -0.3 is 5.11 Å². The number of aromatic carboxylic acids is 1. The molecule has 0 saturated heterocycles. The van der Waals surface area contributed by atoms with Gasteiger partial charge in [-0.15, -0.1) is 0 Å². The Hall–Kier alpha value is -2.35. The van der Waals surface area contributed by atoms with Gasteiger partial charge in [-0.25, -0.2) is 13.2 Å². The van der Waals surface area contributed by atoms with Crippen molar-refractivity contribution in [2.45, 2.75) is 18.7 Å². The highest BCUT2D eigenvalue weighted by Crippen LogP contribution is 2.21. The number of carbonyl (C=O) groups is 1. The summed E-state index contributed by atoms with van der Waals surface area (Å²) in [4.78, 5) is 10.9. The van der Waals surface area contributed by atoms with Crippen LogP contribution in [0.1, 0.15) is 21.6 Å². The number of aromatic amines is 1. The Balaban J connectivity index is 2.36. The first kappa shape index (κ1) is 14.1. The quantitative estimate of drug-likeness (QED) is 0.791. The van der Waals surface area contributed by atoms with Gasteiger partial charge in [0.1, 0.15) is 4.90 Å². The predicted octanol–water partition coefficient (Wildman–Crippen LogP) is 1.53. The van der Waals surface area contributed by atoms with Gasteiger partial charge in [0.25, 0.3) is 10.0 Å². The lowest BCUT2D eigenvalue weighted by Crippen LogP contribution is -2.14. The number of hydrogen-bond acceptors (Lipinski definition) is 4. The molecule has 8 heteroatoms. The summed E-state index contributed by atoms with van der Waals surface area (Å²) in [7, 11) is -3.75. The number of nitrogens with zero attached hydrogens (tertiary/aromatic N) is 1. The van der Waals surface area contributed by atoms with Crippen LogP contribution >= 0.6 is 0 Å². The molecule has 0 unspecified atom stereocenters. The van der Waals surface area contributed by atoms with E-state index in [1.54, 1.807) is 13.8 Å². The number of aryl methyl sites for hydroxylation is 2. The van der Waals surface area contributed by atoms with Crippen molar-refractivity contribution in [1.82, 2.24) is 10.2 Å². The molecule has 0 bridgehead atoms. The number of anilines is 1. The monoisotopic (exact) mass is 295 g/mol. The number of benzene rings is 1. The van der Waals surface area contributed by atoms with E-state index < -0.39 is 16.0 Å². The van der Waals surface area contributed by atoms with Crippen LogP contribution in [0.4, 0.5) is 5.69 Å². The fourth-order valence-electron chi connectivity index (χ4n) is 1.72. The van der Waals surface area contributed by atoms with E-state index in [1.165, 1.54) is 24.4 Å². The molecule has 1 aromatic carbocycles. The number of nitrogens with one attached hydrogen (secondary N) is 2. The average Bonchev–Trinajstić information content (AvgIpc) is 2.78. The van der Waals surface area contributed by atoms with Crippen LogP contribution in [0.5, 0.6) is 0 Å². The Kier molecular flexibility index (Phi) is 3.49. The van der Waals surface area contributed by atoms with Crippen LogP contribution in [0.25, 0.3) is 0 Å². The van der Waals surface area contributed by atoms with Crippen LogP contribution in [-0.2, 0) is 10.0 Å². The molecule has 1 heterocycles. The van der Waals surface area contributed by atoms with Crippen LogP contribution in [-0.4, -0.2) is 29.7 Å². The lowest BCUT2D eigenvalue weighted by Gasteiger charge is -2.10. The van der Waals surface area contributed by atoms with Crippen molar-refractivity contribution in [3.8, 4) is 0 Å². The molecule has 0 aliphatic heterocycles. The third-order valence-corrected chi connectivity index (χ3v) is 4.27. The molecule has 7 nitrogen and oxygen atoms in total. The highest BCUT2D eigenvalue weighted by molar-refractivity contribution is 7.92. The van der Waals surface area contributed by atoms with E-state index >= 15 is 0 Å². The molecule has 20 heavy (non-hydrogen) atoms. The Morgan fingerprint density at radius 3 is 2.55 bits per heavy atom. The molecule has 2 aromatic rings. The van der Waals surface area contributed by atoms with Gasteiger partial charge in [0.2, 0.25) is 0 Å². The number of hydrogen-bond donors (Lipinski definition) is 3. The maximum Gasteiger partial charge on any atom is 0.335 e. The van der Waals surface area contributed by atoms with Crippen LogP contribution < -0.4 is 4.72 Å². The zero-order valence-corrected chi connectivity index (χ0v) is 11.7. The molecular formula is C12H13N3O4S. The molecule has 0 atom stereocenters. The minimum Gasteiger partial charge on any atom is -0.478 e. The SMILES string of the molecule is Cc1cc(C(=O)O)ccc1NS(=O)(=O)c1cn[nH]c1C. The van der Waals surface area contributed by atoms with Crippen LogP contribution in [0.15, 0.2) is 29.3 Å². The average molecular weight is 295 g/mol. The number of carboxylic acids is 1. The second-order valence-electron chi connectivity index (χ2n) is 4.30. The standard InChI is InChI=1S/C12H13N3O4S/c1-7-5-9(12(16)17)3-4-10(7)15-20(18,19)11-6-13-14-8(11)2/h3-6,15H,1-2H3,(H,13,14)(H,16,17). The summed E-state index contributed by atoms with van der Waals surface area (Å²) >= 11 is 0. The van der Waals surface area contributed by atoms with Gasteiger partial charge in [0, 0.05) is 0 Å². The van der Waals surface area contributed by atoms with Crippen LogP contribution in [0.3, 0.4) is 0 Å². The van der Waals surface area contributed by atoms with Gasteiger partial charge in [-0.1, -0.05) is 0 Å². The summed E-state index contributed by atoms with van der Waals surface area (Å²) in [5.74, 6) is -1.06. The fraction of sp³-hybridized carbons (Fsp3) is 0.167. The van der Waals surface area contributed by atoms with Crippen molar-refractivity contribution in [3.63, 3.8) is 0 Å². The molecule has 106 valence electrons. The number of rotatable bonds is 4. The maximum absolute atomic E-state index is 12.2. The van der Waals surface area contributed by atoms with Crippen molar-refractivity contribution in [3.05, 3.63) is 41.2 Å². The van der Waals surface area contributed by atoms with E-state index in [-0.39, 0.29) is 10.5 Å². The number of aromatic nitrogens is 2. The third kappa shape index (κ3) is 2.64. The molecule has 0 amide bonds. The maximum atomic E-state index is 12.2. The normalized spacial score (nSPS) is 11.3. The van der Waals surface area contributed by atoms with Crippen molar-refractivity contribution >= 4 is 21.7 Å². The van der Waals surface area contributed by atoms with Gasteiger partial charge in [0.15, 0.2) is 0 Å². The highest BCUT2D eigenvalue weighted by atomic mass is 32.2. The fourth-order valence-corrected chi connectivity index (χ4v) is 2.99. The zero-order valence-electron chi connectivity index (χ0n) is 10.8. The van der Waals surface area contributed by atoms with Gasteiger partial charge in [-0.3, -0.25) is 9.82 Å². The first-order chi connectivity index (χ1) is 9.31. The molecule has 0 fully saturated rings. The van der Waals surface area contributed by atoms with Gasteiger partial charge in [0.05, 0.1) is 23.1 Å². The van der Waals surface area contributed by atoms with E-state index in [9.17, 15) is 13.2 Å². The van der Waals surface area contributed by atoms with Crippen molar-refractivity contribution in [2.75, 3.05) is 4.72 Å². The molecule has 0 saturated carbocycles. The first-order valence-electron chi connectivity index (χ1n) is 5.68. The number of sulfonamides is 1. The van der Waals surface area contributed by atoms with Crippen molar-refractivity contribution in [2.24, 2.45) is 0 Å². The summed E-state index contributed by atoms with van der Waals surface area (Å²) in [6.45, 7) is 3.23. The summed E-state index contributed by atoms with van der Waals surface area (Å²) < 4.78 is 26.7. The van der Waals surface area contributed by atoms with E-state index in [0.717, 1.165) is 0 Å². The Bertz CT molecular complexity index is 765. The Morgan fingerprint density at radius 2 is 2.05 bits per heavy atom. The molecule has 1 aromatic heterocycles. The van der Waals surface area contributed by atoms with E-state index in [2.05, 4.69) is 14.9 Å². The summed E-state index contributed by atoms with van der Waals surface area (Å²) in [5.41, 5.74) is 1.38. The smallest absolute Gasteiger partial charge is 0.335 e. The zero-order chi connectivity index (χ0) is 14.9. The number of H-pyrrole nitrogens is 1. The van der Waals surface area contributed by atoms with Gasteiger partial charge in [-0.05, 0) is 37.6 Å². The second-order valence-corrected chi connectivity index (χ2v) is 5.95. The minimum absolute atomic E-state index is 0.0548. The molecule has 0 aliphatic carbocycles. The molecule has 0 spiro atoms. The Labute approximate surface area is 115 Å². The van der Waals surface area contributed by atoms with E-state index in [1.807, 2.05) is 0 Å². The second kappa shape index (κ2) is 4.97. The molecule has 0 radical (unpaired) electrons. The van der Waals surface area contributed by atoms with E-state index in [0.29, 0.717) is 16.9 Å². The predicted molar refractivity (Wildman–Crippen MR) is 72.3 cm³/mol. The van der Waals surface area contributed by atoms with Crippen LogP contribution in [0, 0.1) is 13.8 Å². The third-order valence-electron chi connectivity index (χ3n) is 2.79. The summed E-state index contributed by atoms with van der Waals surface area (Å²) in [5, 5.41) is 15.1. The minimum atomic E-state index is -3.75. The summed E-state index contributed by atoms with van der Waals surface area (Å²) in [6.07, 6.45) is 1.22. The van der Waals surface area contributed by atoms with E-state index in [4.69, 9.17) is 5.11 Å². The van der Waals surface area contributed by atoms with Crippen LogP contribution in [0.2, 0.25) is 0 Å². The molecular weight excluding hydrogens is 282 g/mol. The molecule has 2 rings (SSSR count). The Morgan fingerprint density at radius 1 is 1.35 bits per heavy atom. The lowest BCUT2D eigenvalue weighted by atomic mass is 10.1. The molecule has 0 aliphatic rings. The molecule has 3 N–H and O–H groups in total. The van der Waals surface area contributed by atoms with Gasteiger partial charge in [-0.2, -0.15) is 5.10 Å². The van der Waals surface area contributed by atoms with Gasteiger partial charge >= 0.3 is 5.97 Å². The largest absolute Gasteiger partial charge is 0.478 e. The topological polar surface area (TPSA) is 112 Å². The van der Waals surface area contributed by atoms with Crippen molar-refractivity contribution < 1.29 is 18.3 Å². The number of carboxylic acid groups (broad SMARTS) is 1. The van der Waals surface area contributed by atoms with Crippen molar-refractivity contribution in [1.29, 1.82) is 0 Å². The lowest BCUT2D eigenvalue weighted by molar-refractivity contribution is 0.0697. The highest BCUT2D eigenvalue weighted by Gasteiger charge is 2.19. The first-order valence-corrected chi connectivity index (χ1v) is 7.16.